The summed E-state index contributed by atoms with van der Waals surface area (Å²) in [5.74, 6) is -0.869. The van der Waals surface area contributed by atoms with E-state index in [4.69, 9.17) is 10.5 Å². The van der Waals surface area contributed by atoms with E-state index in [1.807, 2.05) is 13.8 Å². The summed E-state index contributed by atoms with van der Waals surface area (Å²) in [6.45, 7) is 5.70. The molecule has 1 aromatic heterocycles. The first-order valence-electron chi connectivity index (χ1n) is 5.88. The number of nitrogens with two attached hydrogens (primary N) is 1. The van der Waals surface area contributed by atoms with E-state index in [-0.39, 0.29) is 17.3 Å². The second-order valence-corrected chi connectivity index (χ2v) is 3.67. The Hall–Kier alpha value is -1.69. The van der Waals surface area contributed by atoms with Gasteiger partial charge in [0.15, 0.2) is 0 Å². The molecule has 0 atom stereocenters. The molecule has 2 N–H and O–H groups in total. The van der Waals surface area contributed by atoms with Crippen molar-refractivity contribution >= 4 is 11.7 Å². The van der Waals surface area contributed by atoms with E-state index in [9.17, 15) is 9.18 Å². The van der Waals surface area contributed by atoms with Gasteiger partial charge in [-0.3, -0.25) is 4.79 Å². The molecule has 18 heavy (non-hydrogen) atoms. The van der Waals surface area contributed by atoms with Gasteiger partial charge >= 0.3 is 0 Å². The molecule has 0 saturated heterocycles. The second-order valence-electron chi connectivity index (χ2n) is 3.67. The second kappa shape index (κ2) is 6.90. The number of rotatable bonds is 6. The average molecular weight is 255 g/mol. The summed E-state index contributed by atoms with van der Waals surface area (Å²) in [7, 11) is 0. The smallest absolute Gasteiger partial charge is 0.257 e. The summed E-state index contributed by atoms with van der Waals surface area (Å²) >= 11 is 0. The molecule has 0 unspecified atom stereocenters. The van der Waals surface area contributed by atoms with Crippen molar-refractivity contribution < 1.29 is 13.9 Å². The Balaban J connectivity index is 2.79. The van der Waals surface area contributed by atoms with Crippen LogP contribution in [0.25, 0.3) is 0 Å². The molecule has 0 bridgehead atoms. The molecule has 0 radical (unpaired) electrons. The topological polar surface area (TPSA) is 68.5 Å². The van der Waals surface area contributed by atoms with Crippen molar-refractivity contribution in [3.8, 4) is 0 Å². The number of hydrogen-bond donors (Lipinski definition) is 1. The molecule has 1 aromatic rings. The fourth-order valence-electron chi connectivity index (χ4n) is 1.51. The van der Waals surface area contributed by atoms with E-state index in [1.165, 1.54) is 0 Å². The van der Waals surface area contributed by atoms with Crippen LogP contribution in [-0.4, -0.2) is 42.1 Å². The van der Waals surface area contributed by atoms with Gasteiger partial charge in [0.2, 0.25) is 0 Å². The molecule has 0 saturated carbocycles. The van der Waals surface area contributed by atoms with Crippen molar-refractivity contribution in [3.05, 3.63) is 23.6 Å². The predicted molar refractivity (Wildman–Crippen MR) is 66.7 cm³/mol. The van der Waals surface area contributed by atoms with Crippen LogP contribution in [0.5, 0.6) is 0 Å². The minimum atomic E-state index is -0.576. The van der Waals surface area contributed by atoms with Crippen molar-refractivity contribution in [2.45, 2.75) is 13.8 Å². The Kier molecular flexibility index (Phi) is 5.51. The number of aromatic nitrogens is 1. The zero-order chi connectivity index (χ0) is 13.5. The van der Waals surface area contributed by atoms with Gasteiger partial charge in [0.1, 0.15) is 11.6 Å². The number of halogens is 1. The van der Waals surface area contributed by atoms with E-state index in [1.54, 1.807) is 4.90 Å². The standard InChI is InChI=1S/C12H18FN3O2/c1-3-16(5-6-18-4-2)12(17)10-7-9(13)8-15-11(10)14/h7-8H,3-6H2,1-2H3,(H2,14,15). The first-order valence-corrected chi connectivity index (χ1v) is 5.88. The maximum Gasteiger partial charge on any atom is 0.257 e. The summed E-state index contributed by atoms with van der Waals surface area (Å²) in [4.78, 5) is 17.3. The van der Waals surface area contributed by atoms with E-state index in [0.29, 0.717) is 26.3 Å². The molecule has 100 valence electrons. The summed E-state index contributed by atoms with van der Waals surface area (Å²) in [6, 6.07) is 1.11. The normalized spacial score (nSPS) is 10.4. The molecule has 0 aliphatic carbocycles. The van der Waals surface area contributed by atoms with Crippen LogP contribution in [0.4, 0.5) is 10.2 Å². The first-order chi connectivity index (χ1) is 8.60. The Morgan fingerprint density at radius 3 is 2.89 bits per heavy atom. The van der Waals surface area contributed by atoms with Crippen LogP contribution in [0.1, 0.15) is 24.2 Å². The van der Waals surface area contributed by atoms with Crippen molar-refractivity contribution in [1.82, 2.24) is 9.88 Å². The van der Waals surface area contributed by atoms with Crippen LogP contribution in [0, 0.1) is 5.82 Å². The Bertz CT molecular complexity index is 412. The lowest BCUT2D eigenvalue weighted by molar-refractivity contribution is 0.0669. The Morgan fingerprint density at radius 1 is 1.56 bits per heavy atom. The highest BCUT2D eigenvalue weighted by molar-refractivity contribution is 5.98. The molecular formula is C12H18FN3O2. The van der Waals surface area contributed by atoms with Crippen LogP contribution in [0.3, 0.4) is 0 Å². The first kappa shape index (κ1) is 14.4. The monoisotopic (exact) mass is 255 g/mol. The number of ether oxygens (including phenoxy) is 1. The molecule has 1 amide bonds. The van der Waals surface area contributed by atoms with Crippen LogP contribution in [0.15, 0.2) is 12.3 Å². The number of nitrogens with zero attached hydrogens (tertiary/aromatic N) is 2. The fourth-order valence-corrected chi connectivity index (χ4v) is 1.51. The van der Waals surface area contributed by atoms with Crippen LogP contribution in [0.2, 0.25) is 0 Å². The zero-order valence-corrected chi connectivity index (χ0v) is 10.6. The number of likely N-dealkylation sites (N-methyl/N-ethyl adjacent to an activating group) is 1. The van der Waals surface area contributed by atoms with Crippen molar-refractivity contribution in [3.63, 3.8) is 0 Å². The minimum absolute atomic E-state index is 0.0382. The van der Waals surface area contributed by atoms with E-state index >= 15 is 0 Å². The number of anilines is 1. The third-order valence-electron chi connectivity index (χ3n) is 2.49. The lowest BCUT2D eigenvalue weighted by Gasteiger charge is -2.21. The predicted octanol–water partition coefficient (Wildman–Crippen LogP) is 1.30. The lowest BCUT2D eigenvalue weighted by Crippen LogP contribution is -2.34. The molecule has 0 aliphatic rings. The van der Waals surface area contributed by atoms with Gasteiger partial charge in [0.25, 0.3) is 5.91 Å². The molecule has 1 rings (SSSR count). The highest BCUT2D eigenvalue weighted by Crippen LogP contribution is 2.12. The number of nitrogen functional groups attached to an aromatic ring is 1. The summed E-state index contributed by atoms with van der Waals surface area (Å²) in [5, 5.41) is 0. The highest BCUT2D eigenvalue weighted by Gasteiger charge is 2.18. The van der Waals surface area contributed by atoms with Crippen molar-refractivity contribution in [2.24, 2.45) is 0 Å². The van der Waals surface area contributed by atoms with Crippen molar-refractivity contribution in [2.75, 3.05) is 32.0 Å². The molecular weight excluding hydrogens is 237 g/mol. The molecule has 0 aromatic carbocycles. The van der Waals surface area contributed by atoms with Crippen LogP contribution in [-0.2, 0) is 4.74 Å². The van der Waals surface area contributed by atoms with Crippen LogP contribution >= 0.6 is 0 Å². The van der Waals surface area contributed by atoms with Gasteiger partial charge in [-0.25, -0.2) is 9.37 Å². The number of hydrogen-bond acceptors (Lipinski definition) is 4. The molecule has 5 nitrogen and oxygen atoms in total. The van der Waals surface area contributed by atoms with Gasteiger partial charge in [-0.05, 0) is 19.9 Å². The van der Waals surface area contributed by atoms with E-state index in [2.05, 4.69) is 4.98 Å². The number of carbonyl (C=O) groups is 1. The van der Waals surface area contributed by atoms with Crippen LogP contribution < -0.4 is 5.73 Å². The number of pyridine rings is 1. The number of carbonyl (C=O) groups excluding carboxylic acids is 1. The van der Waals surface area contributed by atoms with Gasteiger partial charge < -0.3 is 15.4 Å². The Morgan fingerprint density at radius 2 is 2.28 bits per heavy atom. The maximum atomic E-state index is 13.1. The van der Waals surface area contributed by atoms with E-state index < -0.39 is 5.82 Å². The molecule has 0 fully saturated rings. The van der Waals surface area contributed by atoms with Gasteiger partial charge in [0.05, 0.1) is 18.4 Å². The van der Waals surface area contributed by atoms with Gasteiger partial charge in [0, 0.05) is 19.7 Å². The van der Waals surface area contributed by atoms with Gasteiger partial charge in [-0.15, -0.1) is 0 Å². The van der Waals surface area contributed by atoms with Gasteiger partial charge in [-0.1, -0.05) is 0 Å². The quantitative estimate of drug-likeness (QED) is 0.778. The maximum absolute atomic E-state index is 13.1. The molecule has 1 heterocycles. The van der Waals surface area contributed by atoms with Gasteiger partial charge in [-0.2, -0.15) is 0 Å². The number of amides is 1. The molecule has 0 aliphatic heterocycles. The fraction of sp³-hybridized carbons (Fsp3) is 0.500. The SMILES string of the molecule is CCOCCN(CC)C(=O)c1cc(F)cnc1N. The van der Waals surface area contributed by atoms with Crippen molar-refractivity contribution in [1.29, 1.82) is 0 Å². The summed E-state index contributed by atoms with van der Waals surface area (Å²) in [6.07, 6.45) is 0.989. The Labute approximate surface area is 106 Å². The largest absolute Gasteiger partial charge is 0.383 e. The summed E-state index contributed by atoms with van der Waals surface area (Å²) < 4.78 is 18.3. The zero-order valence-electron chi connectivity index (χ0n) is 10.6. The van der Waals surface area contributed by atoms with E-state index in [0.717, 1.165) is 12.3 Å². The average Bonchev–Trinajstić information content (AvgIpc) is 2.37. The molecule has 6 heteroatoms. The highest BCUT2D eigenvalue weighted by atomic mass is 19.1. The third kappa shape index (κ3) is 3.66. The molecule has 0 spiro atoms. The summed E-state index contributed by atoms with van der Waals surface area (Å²) in [5.41, 5.74) is 5.67. The third-order valence-corrected chi connectivity index (χ3v) is 2.49. The lowest BCUT2D eigenvalue weighted by atomic mass is 10.2. The minimum Gasteiger partial charge on any atom is -0.383 e.